The molecular weight excluding hydrogens is 270 g/mol. The summed E-state index contributed by atoms with van der Waals surface area (Å²) >= 11 is 3.40. The van der Waals surface area contributed by atoms with E-state index >= 15 is 0 Å². The van der Waals surface area contributed by atoms with Crippen LogP contribution in [0.4, 0.5) is 0 Å². The van der Waals surface area contributed by atoms with Crippen molar-refractivity contribution in [3.8, 4) is 0 Å². The summed E-state index contributed by atoms with van der Waals surface area (Å²) in [5.41, 5.74) is 0.705. The van der Waals surface area contributed by atoms with Crippen molar-refractivity contribution in [1.82, 2.24) is 5.32 Å². The average Bonchev–Trinajstić information content (AvgIpc) is 2.18. The molecule has 0 aliphatic carbocycles. The molecule has 1 heterocycles. The maximum Gasteiger partial charge on any atom is 0.246 e. The Hall–Kier alpha value is -0.870. The van der Waals surface area contributed by atoms with Gasteiger partial charge in [0.25, 0.3) is 0 Å². The summed E-state index contributed by atoms with van der Waals surface area (Å²) < 4.78 is 6.64. The molecule has 4 heteroatoms. The fourth-order valence-electron chi connectivity index (χ4n) is 1.98. The van der Waals surface area contributed by atoms with Gasteiger partial charge in [-0.2, -0.15) is 0 Å². The van der Waals surface area contributed by atoms with E-state index in [1.807, 2.05) is 38.1 Å². The predicted octanol–water partition coefficient (Wildman–Crippen LogP) is 2.42. The van der Waals surface area contributed by atoms with Gasteiger partial charge in [0.2, 0.25) is 5.91 Å². The number of rotatable bonds is 1. The van der Waals surface area contributed by atoms with Crippen molar-refractivity contribution in [2.24, 2.45) is 0 Å². The lowest BCUT2D eigenvalue weighted by atomic mass is 9.90. The molecule has 0 radical (unpaired) electrons. The summed E-state index contributed by atoms with van der Waals surface area (Å²) in [6.07, 6.45) is -0.0988. The molecule has 1 aromatic carbocycles. The van der Waals surface area contributed by atoms with Gasteiger partial charge in [-0.05, 0) is 31.5 Å². The minimum Gasteiger partial charge on any atom is -0.361 e. The van der Waals surface area contributed by atoms with E-state index in [0.717, 1.165) is 10.0 Å². The van der Waals surface area contributed by atoms with Gasteiger partial charge in [0, 0.05) is 4.47 Å². The Morgan fingerprint density at radius 3 is 2.56 bits per heavy atom. The molecule has 1 saturated heterocycles. The number of ether oxygens (including phenoxy) is 1. The lowest BCUT2D eigenvalue weighted by molar-refractivity contribution is -0.142. The van der Waals surface area contributed by atoms with Crippen LogP contribution in [-0.2, 0) is 9.53 Å². The number of amides is 1. The van der Waals surface area contributed by atoms with E-state index in [1.54, 1.807) is 0 Å². The molecule has 86 valence electrons. The molecule has 0 aromatic heterocycles. The molecule has 1 atom stereocenters. The van der Waals surface area contributed by atoms with Crippen molar-refractivity contribution in [2.75, 3.05) is 6.61 Å². The van der Waals surface area contributed by atoms with E-state index in [0.29, 0.717) is 0 Å². The summed E-state index contributed by atoms with van der Waals surface area (Å²) in [5, 5.41) is 2.94. The van der Waals surface area contributed by atoms with E-state index in [4.69, 9.17) is 4.74 Å². The van der Waals surface area contributed by atoms with Gasteiger partial charge < -0.3 is 10.1 Å². The van der Waals surface area contributed by atoms with Gasteiger partial charge in [-0.1, -0.05) is 28.1 Å². The van der Waals surface area contributed by atoms with Crippen LogP contribution in [-0.4, -0.2) is 18.1 Å². The molecule has 1 unspecified atom stereocenters. The van der Waals surface area contributed by atoms with E-state index in [2.05, 4.69) is 21.2 Å². The van der Waals surface area contributed by atoms with Crippen molar-refractivity contribution >= 4 is 21.8 Å². The van der Waals surface area contributed by atoms with Gasteiger partial charge in [0.05, 0.1) is 5.54 Å². The second-order valence-electron chi connectivity index (χ2n) is 4.51. The molecule has 1 aliphatic heterocycles. The normalized spacial score (nSPS) is 23.9. The summed E-state index contributed by atoms with van der Waals surface area (Å²) in [5.74, 6) is -0.0571. The molecule has 1 fully saturated rings. The molecule has 1 aromatic rings. The Labute approximate surface area is 103 Å². The van der Waals surface area contributed by atoms with Crippen LogP contribution < -0.4 is 5.32 Å². The van der Waals surface area contributed by atoms with Crippen LogP contribution in [0.3, 0.4) is 0 Å². The predicted molar refractivity (Wildman–Crippen MR) is 65.1 cm³/mol. The molecule has 1 N–H and O–H groups in total. The first-order valence-corrected chi connectivity index (χ1v) is 5.96. The number of carbonyl (C=O) groups excluding carboxylic acids is 1. The zero-order valence-electron chi connectivity index (χ0n) is 9.29. The van der Waals surface area contributed by atoms with Gasteiger partial charge in [0.1, 0.15) is 12.7 Å². The number of hydrogen-bond acceptors (Lipinski definition) is 2. The molecule has 0 saturated carbocycles. The largest absolute Gasteiger partial charge is 0.361 e. The highest BCUT2D eigenvalue weighted by Crippen LogP contribution is 2.32. The third-order valence-corrected chi connectivity index (χ3v) is 3.20. The molecule has 0 bridgehead atoms. The molecule has 16 heavy (non-hydrogen) atoms. The summed E-state index contributed by atoms with van der Waals surface area (Å²) in [7, 11) is 0. The minimum absolute atomic E-state index is 0.0571. The molecule has 1 amide bonds. The fraction of sp³-hybridized carbons (Fsp3) is 0.417. The van der Waals surface area contributed by atoms with Gasteiger partial charge in [-0.15, -0.1) is 0 Å². The SMILES string of the molecule is CC1(C)NC(=O)COC1c1ccc(Br)cc1. The van der Waals surface area contributed by atoms with Crippen LogP contribution in [0.1, 0.15) is 25.5 Å². The smallest absolute Gasteiger partial charge is 0.246 e. The van der Waals surface area contributed by atoms with Crippen LogP contribution in [0.15, 0.2) is 28.7 Å². The van der Waals surface area contributed by atoms with Crippen molar-refractivity contribution < 1.29 is 9.53 Å². The van der Waals surface area contributed by atoms with Crippen LogP contribution >= 0.6 is 15.9 Å². The van der Waals surface area contributed by atoms with Crippen LogP contribution in [0.25, 0.3) is 0 Å². The standard InChI is InChI=1S/C12H14BrNO2/c1-12(2)11(16-7-10(15)14-12)8-3-5-9(13)6-4-8/h3-6,11H,7H2,1-2H3,(H,14,15). The van der Waals surface area contributed by atoms with Gasteiger partial charge >= 0.3 is 0 Å². The topological polar surface area (TPSA) is 38.3 Å². The maximum absolute atomic E-state index is 11.3. The maximum atomic E-state index is 11.3. The highest BCUT2D eigenvalue weighted by Gasteiger charge is 2.37. The highest BCUT2D eigenvalue weighted by molar-refractivity contribution is 9.10. The van der Waals surface area contributed by atoms with Crippen molar-refractivity contribution in [2.45, 2.75) is 25.5 Å². The number of carbonyl (C=O) groups is 1. The molecule has 1 aliphatic rings. The van der Waals surface area contributed by atoms with Gasteiger partial charge in [0.15, 0.2) is 0 Å². The Balaban J connectivity index is 2.26. The Bertz CT molecular complexity index is 400. The average molecular weight is 284 g/mol. The van der Waals surface area contributed by atoms with Gasteiger partial charge in [-0.25, -0.2) is 0 Å². The number of morpholine rings is 1. The Morgan fingerprint density at radius 1 is 1.38 bits per heavy atom. The zero-order chi connectivity index (χ0) is 11.8. The quantitative estimate of drug-likeness (QED) is 0.860. The van der Waals surface area contributed by atoms with Gasteiger partial charge in [-0.3, -0.25) is 4.79 Å². The number of nitrogens with one attached hydrogen (secondary N) is 1. The first-order valence-electron chi connectivity index (χ1n) is 5.17. The summed E-state index contributed by atoms with van der Waals surface area (Å²) in [6, 6.07) is 7.97. The highest BCUT2D eigenvalue weighted by atomic mass is 79.9. The zero-order valence-corrected chi connectivity index (χ0v) is 10.9. The Morgan fingerprint density at radius 2 is 2.00 bits per heavy atom. The summed E-state index contributed by atoms with van der Waals surface area (Å²) in [4.78, 5) is 11.3. The molecule has 0 spiro atoms. The van der Waals surface area contributed by atoms with Crippen LogP contribution in [0, 0.1) is 0 Å². The monoisotopic (exact) mass is 283 g/mol. The Kier molecular flexibility index (Phi) is 3.04. The molecule has 3 nitrogen and oxygen atoms in total. The molecular formula is C12H14BrNO2. The second kappa shape index (κ2) is 4.18. The van der Waals surface area contributed by atoms with Crippen LogP contribution in [0.5, 0.6) is 0 Å². The summed E-state index contributed by atoms with van der Waals surface area (Å²) in [6.45, 7) is 4.07. The number of halogens is 1. The fourth-order valence-corrected chi connectivity index (χ4v) is 2.24. The second-order valence-corrected chi connectivity index (χ2v) is 5.43. The van der Waals surface area contributed by atoms with Crippen molar-refractivity contribution in [3.63, 3.8) is 0 Å². The van der Waals surface area contributed by atoms with E-state index in [9.17, 15) is 4.79 Å². The van der Waals surface area contributed by atoms with E-state index < -0.39 is 0 Å². The first kappa shape index (κ1) is 11.6. The number of benzene rings is 1. The first-order chi connectivity index (χ1) is 7.49. The lowest BCUT2D eigenvalue weighted by Crippen LogP contribution is -2.54. The third kappa shape index (κ3) is 2.28. The van der Waals surface area contributed by atoms with Crippen molar-refractivity contribution in [3.05, 3.63) is 34.3 Å². The molecule has 2 rings (SSSR count). The third-order valence-electron chi connectivity index (χ3n) is 2.67. The minimum atomic E-state index is -0.372. The lowest BCUT2D eigenvalue weighted by Gasteiger charge is -2.39. The van der Waals surface area contributed by atoms with E-state index in [1.165, 1.54) is 0 Å². The number of hydrogen-bond donors (Lipinski definition) is 1. The van der Waals surface area contributed by atoms with Crippen molar-refractivity contribution in [1.29, 1.82) is 0 Å². The van der Waals surface area contributed by atoms with Crippen LogP contribution in [0.2, 0.25) is 0 Å². The van der Waals surface area contributed by atoms with E-state index in [-0.39, 0.29) is 24.2 Å².